The Labute approximate surface area is 176 Å². The average molecular weight is 489 g/mol. The number of furan rings is 1. The first kappa shape index (κ1) is 21.2. The summed E-state index contributed by atoms with van der Waals surface area (Å²) in [6, 6.07) is 4.25. The molecule has 1 unspecified atom stereocenters. The number of rotatable bonds is 7. The molecule has 0 radical (unpaired) electrons. The molecular formula is C18H28IN5OS. The van der Waals surface area contributed by atoms with Gasteiger partial charge in [0.05, 0.1) is 29.6 Å². The normalized spacial score (nSPS) is 16.3. The molecule has 2 N–H and O–H groups in total. The maximum atomic E-state index is 5.67. The van der Waals surface area contributed by atoms with Crippen molar-refractivity contribution < 1.29 is 4.42 Å². The molecule has 1 fully saturated rings. The first-order chi connectivity index (χ1) is 12.3. The van der Waals surface area contributed by atoms with E-state index in [0.717, 1.165) is 43.5 Å². The van der Waals surface area contributed by atoms with Crippen molar-refractivity contribution in [3.8, 4) is 0 Å². The van der Waals surface area contributed by atoms with E-state index < -0.39 is 0 Å². The Hall–Kier alpha value is -1.13. The van der Waals surface area contributed by atoms with Crippen LogP contribution in [0.5, 0.6) is 0 Å². The van der Waals surface area contributed by atoms with Crippen LogP contribution < -0.4 is 10.6 Å². The van der Waals surface area contributed by atoms with Gasteiger partial charge in [0.25, 0.3) is 0 Å². The highest BCUT2D eigenvalue weighted by Crippen LogP contribution is 2.24. The molecule has 0 amide bonds. The fourth-order valence-corrected chi connectivity index (χ4v) is 3.87. The number of thiazole rings is 1. The first-order valence-electron chi connectivity index (χ1n) is 8.95. The number of aliphatic imine (C=N–C) groups is 1. The minimum atomic E-state index is 0. The van der Waals surface area contributed by atoms with Gasteiger partial charge >= 0.3 is 0 Å². The van der Waals surface area contributed by atoms with E-state index in [9.17, 15) is 0 Å². The molecule has 2 aromatic heterocycles. The van der Waals surface area contributed by atoms with Gasteiger partial charge in [-0.05, 0) is 44.5 Å². The second kappa shape index (κ2) is 10.9. The Balaban J connectivity index is 0.00000243. The van der Waals surface area contributed by atoms with Gasteiger partial charge in [-0.15, -0.1) is 35.3 Å². The smallest absolute Gasteiger partial charge is 0.191 e. The van der Waals surface area contributed by atoms with Crippen LogP contribution in [0.1, 0.15) is 42.3 Å². The maximum absolute atomic E-state index is 5.67. The van der Waals surface area contributed by atoms with Crippen LogP contribution in [-0.2, 0) is 13.0 Å². The van der Waals surface area contributed by atoms with Crippen LogP contribution in [0.15, 0.2) is 33.2 Å². The third-order valence-electron chi connectivity index (χ3n) is 4.48. The largest absolute Gasteiger partial charge is 0.468 e. The standard InChI is InChI=1S/C18H27N5OS.HI/c1-3-17-22-14(13-25-17)11-20-18(19-2)21-12-15(16-7-6-10-24-16)23-8-4-5-9-23;/h6-7,10,13,15H,3-5,8-9,11-12H2,1-2H3,(H2,19,20,21);1H. The zero-order chi connectivity index (χ0) is 17.5. The van der Waals surface area contributed by atoms with E-state index in [0.29, 0.717) is 6.54 Å². The number of aryl methyl sites for hydroxylation is 1. The van der Waals surface area contributed by atoms with Crippen molar-refractivity contribution in [2.45, 2.75) is 38.8 Å². The molecule has 6 nitrogen and oxygen atoms in total. The van der Waals surface area contributed by atoms with Gasteiger partial charge in [0, 0.05) is 19.0 Å². The van der Waals surface area contributed by atoms with Crippen molar-refractivity contribution in [3.05, 3.63) is 40.2 Å². The highest BCUT2D eigenvalue weighted by atomic mass is 127. The number of halogens is 1. The predicted molar refractivity (Wildman–Crippen MR) is 117 cm³/mol. The molecule has 2 aromatic rings. The number of nitrogens with one attached hydrogen (secondary N) is 2. The molecular weight excluding hydrogens is 461 g/mol. The molecule has 0 aliphatic carbocycles. The van der Waals surface area contributed by atoms with Gasteiger partial charge in [-0.1, -0.05) is 6.92 Å². The van der Waals surface area contributed by atoms with Crippen LogP contribution in [-0.4, -0.2) is 42.5 Å². The van der Waals surface area contributed by atoms with Crippen molar-refractivity contribution >= 4 is 41.3 Å². The lowest BCUT2D eigenvalue weighted by Gasteiger charge is -2.26. The van der Waals surface area contributed by atoms with Crippen molar-refractivity contribution in [2.24, 2.45) is 4.99 Å². The molecule has 1 atom stereocenters. The molecule has 1 aliphatic heterocycles. The van der Waals surface area contributed by atoms with Gasteiger partial charge in [-0.3, -0.25) is 9.89 Å². The Bertz CT molecular complexity index is 667. The highest BCUT2D eigenvalue weighted by molar-refractivity contribution is 14.0. The van der Waals surface area contributed by atoms with Gasteiger partial charge in [-0.25, -0.2) is 4.98 Å². The van der Waals surface area contributed by atoms with E-state index in [1.165, 1.54) is 17.8 Å². The van der Waals surface area contributed by atoms with Crippen LogP contribution in [0.4, 0.5) is 0 Å². The van der Waals surface area contributed by atoms with Crippen molar-refractivity contribution in [2.75, 3.05) is 26.7 Å². The molecule has 0 saturated carbocycles. The fourth-order valence-electron chi connectivity index (χ4n) is 3.12. The van der Waals surface area contributed by atoms with Crippen LogP contribution >= 0.6 is 35.3 Å². The lowest BCUT2D eigenvalue weighted by Crippen LogP contribution is -2.42. The number of guanidine groups is 1. The van der Waals surface area contributed by atoms with E-state index >= 15 is 0 Å². The molecule has 26 heavy (non-hydrogen) atoms. The molecule has 1 aliphatic rings. The summed E-state index contributed by atoms with van der Waals surface area (Å²) in [4.78, 5) is 11.4. The van der Waals surface area contributed by atoms with E-state index in [2.05, 4.69) is 43.9 Å². The average Bonchev–Trinajstić information content (AvgIpc) is 3.40. The van der Waals surface area contributed by atoms with Gasteiger partial charge in [0.1, 0.15) is 5.76 Å². The zero-order valence-corrected chi connectivity index (χ0v) is 18.5. The summed E-state index contributed by atoms with van der Waals surface area (Å²) in [6.07, 6.45) is 5.25. The molecule has 0 aromatic carbocycles. The number of hydrogen-bond donors (Lipinski definition) is 2. The van der Waals surface area contributed by atoms with E-state index in [1.807, 2.05) is 6.07 Å². The first-order valence-corrected chi connectivity index (χ1v) is 9.83. The summed E-state index contributed by atoms with van der Waals surface area (Å²) in [5, 5.41) is 10.1. The van der Waals surface area contributed by atoms with E-state index in [4.69, 9.17) is 4.42 Å². The highest BCUT2D eigenvalue weighted by Gasteiger charge is 2.25. The lowest BCUT2D eigenvalue weighted by atomic mass is 10.2. The topological polar surface area (TPSA) is 65.7 Å². The summed E-state index contributed by atoms with van der Waals surface area (Å²) >= 11 is 1.71. The Morgan fingerprint density at radius 2 is 2.19 bits per heavy atom. The number of aromatic nitrogens is 1. The number of nitrogens with zero attached hydrogens (tertiary/aromatic N) is 3. The van der Waals surface area contributed by atoms with Gasteiger partial charge in [0.15, 0.2) is 5.96 Å². The van der Waals surface area contributed by atoms with Crippen LogP contribution in [0, 0.1) is 0 Å². The second-order valence-electron chi connectivity index (χ2n) is 6.17. The van der Waals surface area contributed by atoms with Gasteiger partial charge < -0.3 is 15.1 Å². The summed E-state index contributed by atoms with van der Waals surface area (Å²) in [6.45, 7) is 5.83. The number of likely N-dealkylation sites (tertiary alicyclic amines) is 1. The lowest BCUT2D eigenvalue weighted by molar-refractivity contribution is 0.215. The van der Waals surface area contributed by atoms with Crippen molar-refractivity contribution in [1.29, 1.82) is 0 Å². The summed E-state index contributed by atoms with van der Waals surface area (Å²) in [7, 11) is 1.80. The minimum absolute atomic E-state index is 0. The fraction of sp³-hybridized carbons (Fsp3) is 0.556. The monoisotopic (exact) mass is 489 g/mol. The number of hydrogen-bond acceptors (Lipinski definition) is 5. The Morgan fingerprint density at radius 1 is 1.38 bits per heavy atom. The summed E-state index contributed by atoms with van der Waals surface area (Å²) in [5.74, 6) is 1.80. The summed E-state index contributed by atoms with van der Waals surface area (Å²) < 4.78 is 5.67. The van der Waals surface area contributed by atoms with Crippen LogP contribution in [0.25, 0.3) is 0 Å². The van der Waals surface area contributed by atoms with Crippen molar-refractivity contribution in [3.63, 3.8) is 0 Å². The molecule has 0 bridgehead atoms. The van der Waals surface area contributed by atoms with Crippen LogP contribution in [0.2, 0.25) is 0 Å². The predicted octanol–water partition coefficient (Wildman–Crippen LogP) is 3.42. The van der Waals surface area contributed by atoms with E-state index in [1.54, 1.807) is 24.6 Å². The van der Waals surface area contributed by atoms with Crippen molar-refractivity contribution in [1.82, 2.24) is 20.5 Å². The maximum Gasteiger partial charge on any atom is 0.191 e. The van der Waals surface area contributed by atoms with Gasteiger partial charge in [-0.2, -0.15) is 0 Å². The van der Waals surface area contributed by atoms with Gasteiger partial charge in [0.2, 0.25) is 0 Å². The molecule has 3 heterocycles. The quantitative estimate of drug-likeness (QED) is 0.355. The molecule has 3 rings (SSSR count). The SMILES string of the molecule is CCc1nc(CNC(=NC)NCC(c2ccco2)N2CCCC2)cs1.I. The zero-order valence-electron chi connectivity index (χ0n) is 15.4. The molecule has 1 saturated heterocycles. The molecule has 0 spiro atoms. The Morgan fingerprint density at radius 3 is 2.81 bits per heavy atom. The van der Waals surface area contributed by atoms with Crippen LogP contribution in [0.3, 0.4) is 0 Å². The minimum Gasteiger partial charge on any atom is -0.468 e. The third kappa shape index (κ3) is 5.68. The van der Waals surface area contributed by atoms with E-state index in [-0.39, 0.29) is 30.0 Å². The third-order valence-corrected chi connectivity index (χ3v) is 5.52. The second-order valence-corrected chi connectivity index (χ2v) is 7.11. The summed E-state index contributed by atoms with van der Waals surface area (Å²) in [5.41, 5.74) is 1.06. The molecule has 8 heteroatoms. The Kier molecular flexibility index (Phi) is 8.86. The molecule has 144 valence electrons.